The van der Waals surface area contributed by atoms with Gasteiger partial charge in [0.15, 0.2) is 6.61 Å². The summed E-state index contributed by atoms with van der Waals surface area (Å²) in [6.07, 6.45) is 2.83. The number of rotatable bonds is 4. The van der Waals surface area contributed by atoms with Gasteiger partial charge in [-0.1, -0.05) is 18.6 Å². The van der Waals surface area contributed by atoms with Crippen LogP contribution in [0.2, 0.25) is 0 Å². The molecule has 0 aromatic heterocycles. The average Bonchev–Trinajstić information content (AvgIpc) is 2.27. The molecular weight excluding hydrogens is 298 g/mol. The minimum absolute atomic E-state index is 0.00117. The summed E-state index contributed by atoms with van der Waals surface area (Å²) in [7, 11) is 0. The van der Waals surface area contributed by atoms with Crippen LogP contribution in [0.5, 0.6) is 0 Å². The number of esters is 1. The van der Waals surface area contributed by atoms with Crippen LogP contribution < -0.4 is 5.32 Å². The van der Waals surface area contributed by atoms with Crippen molar-refractivity contribution in [3.8, 4) is 0 Å². The maximum absolute atomic E-state index is 11.6. The van der Waals surface area contributed by atoms with Crippen LogP contribution in [0.4, 0.5) is 5.69 Å². The number of anilines is 1. The number of hydrogen-bond donors (Lipinski definition) is 1. The molecule has 1 aromatic carbocycles. The topological polar surface area (TPSA) is 55.4 Å². The van der Waals surface area contributed by atoms with E-state index in [1.54, 1.807) is 6.07 Å². The van der Waals surface area contributed by atoms with Gasteiger partial charge in [-0.05, 0) is 40.9 Å². The maximum Gasteiger partial charge on any atom is 0.309 e. The Balaban J connectivity index is 1.78. The first-order valence-corrected chi connectivity index (χ1v) is 6.67. The zero-order valence-electron chi connectivity index (χ0n) is 9.82. The molecule has 18 heavy (non-hydrogen) atoms. The van der Waals surface area contributed by atoms with Crippen molar-refractivity contribution in [2.24, 2.45) is 5.92 Å². The van der Waals surface area contributed by atoms with Crippen LogP contribution in [0.15, 0.2) is 28.7 Å². The first-order valence-electron chi connectivity index (χ1n) is 5.88. The number of benzene rings is 1. The second-order valence-corrected chi connectivity index (χ2v) is 5.12. The minimum atomic E-state index is -0.324. The molecule has 0 radical (unpaired) electrons. The van der Waals surface area contributed by atoms with Crippen LogP contribution in [-0.4, -0.2) is 18.5 Å². The molecule has 0 heterocycles. The van der Waals surface area contributed by atoms with E-state index in [0.29, 0.717) is 5.69 Å². The Bertz CT molecular complexity index is 457. The van der Waals surface area contributed by atoms with Gasteiger partial charge in [-0.2, -0.15) is 0 Å². The third kappa shape index (κ3) is 3.32. The molecular formula is C13H14BrNO3. The van der Waals surface area contributed by atoms with Gasteiger partial charge in [0.05, 0.1) is 11.6 Å². The lowest BCUT2D eigenvalue weighted by Gasteiger charge is -2.22. The Hall–Kier alpha value is -1.36. The second kappa shape index (κ2) is 6.00. The van der Waals surface area contributed by atoms with Crippen molar-refractivity contribution in [2.75, 3.05) is 11.9 Å². The van der Waals surface area contributed by atoms with Gasteiger partial charge < -0.3 is 10.1 Å². The number of para-hydroxylation sites is 1. The molecule has 2 rings (SSSR count). The van der Waals surface area contributed by atoms with Crippen LogP contribution in [-0.2, 0) is 14.3 Å². The summed E-state index contributed by atoms with van der Waals surface area (Å²) < 4.78 is 5.75. The summed E-state index contributed by atoms with van der Waals surface area (Å²) in [5.74, 6) is -0.584. The molecule has 0 bridgehead atoms. The van der Waals surface area contributed by atoms with E-state index in [1.807, 2.05) is 18.2 Å². The van der Waals surface area contributed by atoms with Crippen LogP contribution in [0.25, 0.3) is 0 Å². The van der Waals surface area contributed by atoms with Crippen molar-refractivity contribution in [2.45, 2.75) is 19.3 Å². The molecule has 1 aromatic rings. The van der Waals surface area contributed by atoms with E-state index in [9.17, 15) is 9.59 Å². The molecule has 1 aliphatic carbocycles. The van der Waals surface area contributed by atoms with Crippen molar-refractivity contribution >= 4 is 33.5 Å². The van der Waals surface area contributed by atoms with E-state index >= 15 is 0 Å². The third-order valence-corrected chi connectivity index (χ3v) is 3.62. The van der Waals surface area contributed by atoms with Crippen LogP contribution in [0.3, 0.4) is 0 Å². The summed E-state index contributed by atoms with van der Waals surface area (Å²) in [5.41, 5.74) is 0.669. The molecule has 0 saturated heterocycles. The predicted molar refractivity (Wildman–Crippen MR) is 71.1 cm³/mol. The Morgan fingerprint density at radius 3 is 2.67 bits per heavy atom. The summed E-state index contributed by atoms with van der Waals surface area (Å²) in [6.45, 7) is -0.226. The van der Waals surface area contributed by atoms with E-state index in [0.717, 1.165) is 23.7 Å². The third-order valence-electron chi connectivity index (χ3n) is 2.93. The van der Waals surface area contributed by atoms with Gasteiger partial charge in [0.1, 0.15) is 0 Å². The fourth-order valence-corrected chi connectivity index (χ4v) is 2.03. The first kappa shape index (κ1) is 13.1. The van der Waals surface area contributed by atoms with Gasteiger partial charge in [-0.25, -0.2) is 0 Å². The number of carbonyl (C=O) groups excluding carboxylic acids is 2. The Labute approximate surface area is 114 Å². The van der Waals surface area contributed by atoms with Crippen molar-refractivity contribution in [1.29, 1.82) is 0 Å². The second-order valence-electron chi connectivity index (χ2n) is 4.26. The van der Waals surface area contributed by atoms with Crippen LogP contribution >= 0.6 is 15.9 Å². The number of carbonyl (C=O) groups is 2. The Morgan fingerprint density at radius 1 is 1.33 bits per heavy atom. The zero-order chi connectivity index (χ0) is 13.0. The van der Waals surface area contributed by atoms with Gasteiger partial charge in [-0.15, -0.1) is 0 Å². The summed E-state index contributed by atoms with van der Waals surface area (Å²) >= 11 is 3.33. The molecule has 0 unspecified atom stereocenters. The highest BCUT2D eigenvalue weighted by molar-refractivity contribution is 9.10. The number of amides is 1. The summed E-state index contributed by atoms with van der Waals surface area (Å²) in [5, 5.41) is 2.68. The fourth-order valence-electron chi connectivity index (χ4n) is 1.65. The highest BCUT2D eigenvalue weighted by atomic mass is 79.9. The molecule has 1 saturated carbocycles. The summed E-state index contributed by atoms with van der Waals surface area (Å²) in [6, 6.07) is 7.28. The molecule has 0 spiro atoms. The van der Waals surface area contributed by atoms with Gasteiger partial charge >= 0.3 is 5.97 Å². The molecule has 1 amide bonds. The highest BCUT2D eigenvalue weighted by Gasteiger charge is 2.27. The normalized spacial score (nSPS) is 14.7. The van der Waals surface area contributed by atoms with Crippen molar-refractivity contribution in [1.82, 2.24) is 0 Å². The fraction of sp³-hybridized carbons (Fsp3) is 0.385. The predicted octanol–water partition coefficient (Wildman–Crippen LogP) is 2.73. The minimum Gasteiger partial charge on any atom is -0.455 e. The van der Waals surface area contributed by atoms with E-state index in [-0.39, 0.29) is 24.4 Å². The van der Waals surface area contributed by atoms with Crippen molar-refractivity contribution < 1.29 is 14.3 Å². The monoisotopic (exact) mass is 311 g/mol. The van der Waals surface area contributed by atoms with E-state index in [1.165, 1.54) is 0 Å². The molecule has 1 N–H and O–H groups in total. The maximum atomic E-state index is 11.6. The zero-order valence-corrected chi connectivity index (χ0v) is 11.4. The van der Waals surface area contributed by atoms with Gasteiger partial charge in [0.2, 0.25) is 0 Å². The lowest BCUT2D eigenvalue weighted by atomic mass is 9.86. The lowest BCUT2D eigenvalue weighted by molar-refractivity contribution is -0.154. The van der Waals surface area contributed by atoms with Crippen LogP contribution in [0.1, 0.15) is 19.3 Å². The van der Waals surface area contributed by atoms with Crippen LogP contribution in [0, 0.1) is 5.92 Å². The molecule has 1 fully saturated rings. The molecule has 4 nitrogen and oxygen atoms in total. The SMILES string of the molecule is O=C(COC(=O)C1CCC1)Nc1ccccc1Br. The summed E-state index contributed by atoms with van der Waals surface area (Å²) in [4.78, 5) is 23.0. The highest BCUT2D eigenvalue weighted by Crippen LogP contribution is 2.27. The average molecular weight is 312 g/mol. The quantitative estimate of drug-likeness (QED) is 0.870. The molecule has 96 valence electrons. The van der Waals surface area contributed by atoms with E-state index in [2.05, 4.69) is 21.2 Å². The molecule has 1 aliphatic rings. The number of ether oxygens (including phenoxy) is 1. The number of halogens is 1. The Morgan fingerprint density at radius 2 is 2.06 bits per heavy atom. The van der Waals surface area contributed by atoms with Crippen molar-refractivity contribution in [3.63, 3.8) is 0 Å². The van der Waals surface area contributed by atoms with Crippen molar-refractivity contribution in [3.05, 3.63) is 28.7 Å². The van der Waals surface area contributed by atoms with Gasteiger partial charge in [-0.3, -0.25) is 9.59 Å². The van der Waals surface area contributed by atoms with E-state index in [4.69, 9.17) is 4.74 Å². The van der Waals surface area contributed by atoms with Gasteiger partial charge in [0.25, 0.3) is 5.91 Å². The first-order chi connectivity index (χ1) is 8.66. The molecule has 5 heteroatoms. The largest absolute Gasteiger partial charge is 0.455 e. The van der Waals surface area contributed by atoms with Gasteiger partial charge in [0, 0.05) is 4.47 Å². The Kier molecular flexibility index (Phi) is 4.36. The number of hydrogen-bond acceptors (Lipinski definition) is 3. The standard InChI is InChI=1S/C13H14BrNO3/c14-10-6-1-2-7-11(10)15-12(16)8-18-13(17)9-4-3-5-9/h1-2,6-7,9H,3-5,8H2,(H,15,16). The molecule has 0 atom stereocenters. The number of nitrogens with one attached hydrogen (secondary N) is 1. The lowest BCUT2D eigenvalue weighted by Crippen LogP contribution is -2.28. The molecule has 0 aliphatic heterocycles. The smallest absolute Gasteiger partial charge is 0.309 e. The van der Waals surface area contributed by atoms with E-state index < -0.39 is 0 Å².